The number of methoxy groups -OCH3 is 1. The maximum absolute atomic E-state index is 5.40. The highest BCUT2D eigenvalue weighted by molar-refractivity contribution is 4.80. The van der Waals surface area contributed by atoms with Gasteiger partial charge in [-0.2, -0.15) is 0 Å². The summed E-state index contributed by atoms with van der Waals surface area (Å²) in [5.41, 5.74) is 0.0671. The van der Waals surface area contributed by atoms with Crippen molar-refractivity contribution < 1.29 is 9.47 Å². The number of hydrogen-bond donors (Lipinski definition) is 0. The fourth-order valence-corrected chi connectivity index (χ4v) is 1.43. The Morgan fingerprint density at radius 3 is 2.33 bits per heavy atom. The smallest absolute Gasteiger partial charge is 0.0697 e. The highest BCUT2D eigenvalue weighted by atomic mass is 16.5. The summed E-state index contributed by atoms with van der Waals surface area (Å²) in [6.45, 7) is 9.08. The van der Waals surface area contributed by atoms with Crippen molar-refractivity contribution in [3.8, 4) is 0 Å². The third-order valence-corrected chi connectivity index (χ3v) is 2.25. The molecular formula is C10H22O2. The lowest BCUT2D eigenvalue weighted by Gasteiger charge is -2.35. The Morgan fingerprint density at radius 2 is 2.00 bits per heavy atom. The van der Waals surface area contributed by atoms with E-state index in [4.69, 9.17) is 9.47 Å². The van der Waals surface area contributed by atoms with E-state index in [-0.39, 0.29) is 5.60 Å². The highest BCUT2D eigenvalue weighted by Gasteiger charge is 2.30. The zero-order valence-electron chi connectivity index (χ0n) is 9.02. The van der Waals surface area contributed by atoms with Crippen molar-refractivity contribution in [3.63, 3.8) is 0 Å². The molecule has 0 amide bonds. The van der Waals surface area contributed by atoms with E-state index in [0.717, 1.165) is 19.4 Å². The van der Waals surface area contributed by atoms with Gasteiger partial charge < -0.3 is 9.47 Å². The fourth-order valence-electron chi connectivity index (χ4n) is 1.43. The van der Waals surface area contributed by atoms with Crippen LogP contribution in [0.1, 0.15) is 40.5 Å². The van der Waals surface area contributed by atoms with Gasteiger partial charge >= 0.3 is 0 Å². The van der Waals surface area contributed by atoms with Crippen LogP contribution in [0, 0.1) is 0 Å². The first kappa shape index (κ1) is 11.9. The molecule has 0 aromatic carbocycles. The summed E-state index contributed by atoms with van der Waals surface area (Å²) in [6.07, 6.45) is 2.40. The molecule has 0 radical (unpaired) electrons. The van der Waals surface area contributed by atoms with Gasteiger partial charge in [-0.1, -0.05) is 13.8 Å². The lowest BCUT2D eigenvalue weighted by Crippen LogP contribution is -2.38. The van der Waals surface area contributed by atoms with Crippen LogP contribution in [0.5, 0.6) is 0 Å². The quantitative estimate of drug-likeness (QED) is 0.608. The third-order valence-electron chi connectivity index (χ3n) is 2.25. The Balaban J connectivity index is 0.000000561. The Bertz CT molecular complexity index is 114. The van der Waals surface area contributed by atoms with E-state index in [1.807, 2.05) is 13.8 Å². The Morgan fingerprint density at radius 1 is 1.42 bits per heavy atom. The molecule has 0 N–H and O–H groups in total. The molecule has 2 atom stereocenters. The van der Waals surface area contributed by atoms with Gasteiger partial charge in [-0.25, -0.2) is 0 Å². The molecule has 1 saturated heterocycles. The Labute approximate surface area is 76.3 Å². The first-order valence-corrected chi connectivity index (χ1v) is 4.83. The average molecular weight is 174 g/mol. The molecule has 2 heteroatoms. The van der Waals surface area contributed by atoms with Gasteiger partial charge in [0.1, 0.15) is 0 Å². The van der Waals surface area contributed by atoms with Crippen LogP contribution in [0.2, 0.25) is 0 Å². The van der Waals surface area contributed by atoms with Crippen LogP contribution < -0.4 is 0 Å². The van der Waals surface area contributed by atoms with Crippen molar-refractivity contribution in [1.82, 2.24) is 0 Å². The van der Waals surface area contributed by atoms with Crippen molar-refractivity contribution >= 4 is 0 Å². The second kappa shape index (κ2) is 5.55. The summed E-state index contributed by atoms with van der Waals surface area (Å²) < 4.78 is 10.8. The summed E-state index contributed by atoms with van der Waals surface area (Å²) in [5.74, 6) is 0. The van der Waals surface area contributed by atoms with Crippen LogP contribution in [0.3, 0.4) is 0 Å². The van der Waals surface area contributed by atoms with Crippen LogP contribution in [0.15, 0.2) is 0 Å². The van der Waals surface area contributed by atoms with Gasteiger partial charge in [-0.05, 0) is 20.3 Å². The molecule has 0 bridgehead atoms. The molecule has 1 aliphatic rings. The average Bonchev–Trinajstić information content (AvgIpc) is 2.08. The van der Waals surface area contributed by atoms with E-state index in [1.165, 1.54) is 0 Å². The first-order chi connectivity index (χ1) is 5.66. The molecule has 1 fully saturated rings. The zero-order chi connectivity index (χ0) is 9.61. The van der Waals surface area contributed by atoms with E-state index < -0.39 is 0 Å². The van der Waals surface area contributed by atoms with Crippen molar-refractivity contribution in [1.29, 1.82) is 0 Å². The Kier molecular flexibility index (Phi) is 5.51. The molecule has 2 nitrogen and oxygen atoms in total. The van der Waals surface area contributed by atoms with E-state index in [2.05, 4.69) is 13.8 Å². The van der Waals surface area contributed by atoms with Gasteiger partial charge in [0.2, 0.25) is 0 Å². The van der Waals surface area contributed by atoms with Gasteiger partial charge in [-0.15, -0.1) is 0 Å². The molecule has 0 aliphatic carbocycles. The minimum Gasteiger partial charge on any atom is -0.378 e. The lowest BCUT2D eigenvalue weighted by atomic mass is 9.93. The normalized spacial score (nSPS) is 35.2. The SMILES string of the molecule is CC.COC1(C)CCOC(C)C1. The summed E-state index contributed by atoms with van der Waals surface area (Å²) in [5, 5.41) is 0. The molecule has 1 rings (SSSR count). The predicted molar refractivity (Wildman–Crippen MR) is 51.4 cm³/mol. The zero-order valence-corrected chi connectivity index (χ0v) is 9.02. The van der Waals surface area contributed by atoms with Crippen LogP contribution in [0.4, 0.5) is 0 Å². The van der Waals surface area contributed by atoms with Gasteiger partial charge in [-0.3, -0.25) is 0 Å². The summed E-state index contributed by atoms with van der Waals surface area (Å²) in [4.78, 5) is 0. The molecule has 1 heterocycles. The molecule has 74 valence electrons. The molecule has 0 spiro atoms. The van der Waals surface area contributed by atoms with Crippen molar-refractivity contribution in [3.05, 3.63) is 0 Å². The summed E-state index contributed by atoms with van der Waals surface area (Å²) >= 11 is 0. The van der Waals surface area contributed by atoms with Gasteiger partial charge in [0.05, 0.1) is 11.7 Å². The molecule has 0 aromatic rings. The first-order valence-electron chi connectivity index (χ1n) is 4.83. The number of ether oxygens (including phenoxy) is 2. The molecule has 0 aromatic heterocycles. The molecule has 2 unspecified atom stereocenters. The molecule has 12 heavy (non-hydrogen) atoms. The second-order valence-electron chi connectivity index (χ2n) is 3.29. The molecule has 0 saturated carbocycles. The monoisotopic (exact) mass is 174 g/mol. The van der Waals surface area contributed by atoms with E-state index >= 15 is 0 Å². The fraction of sp³-hybridized carbons (Fsp3) is 1.00. The maximum atomic E-state index is 5.40. The largest absolute Gasteiger partial charge is 0.378 e. The predicted octanol–water partition coefficient (Wildman–Crippen LogP) is 2.62. The summed E-state index contributed by atoms with van der Waals surface area (Å²) in [6, 6.07) is 0. The number of hydrogen-bond acceptors (Lipinski definition) is 2. The summed E-state index contributed by atoms with van der Waals surface area (Å²) in [7, 11) is 1.78. The second-order valence-corrected chi connectivity index (χ2v) is 3.29. The minimum atomic E-state index is 0.0671. The maximum Gasteiger partial charge on any atom is 0.0697 e. The van der Waals surface area contributed by atoms with Crippen LogP contribution >= 0.6 is 0 Å². The van der Waals surface area contributed by atoms with Crippen molar-refractivity contribution in [2.24, 2.45) is 0 Å². The highest BCUT2D eigenvalue weighted by Crippen LogP contribution is 2.26. The van der Waals surface area contributed by atoms with E-state index in [0.29, 0.717) is 6.10 Å². The van der Waals surface area contributed by atoms with Crippen molar-refractivity contribution in [2.45, 2.75) is 52.2 Å². The molecule has 1 aliphatic heterocycles. The molecular weight excluding hydrogens is 152 g/mol. The van der Waals surface area contributed by atoms with Gasteiger partial charge in [0, 0.05) is 20.1 Å². The van der Waals surface area contributed by atoms with Gasteiger partial charge in [0.25, 0.3) is 0 Å². The number of rotatable bonds is 1. The van der Waals surface area contributed by atoms with Crippen LogP contribution in [-0.4, -0.2) is 25.4 Å². The van der Waals surface area contributed by atoms with E-state index in [9.17, 15) is 0 Å². The van der Waals surface area contributed by atoms with Crippen LogP contribution in [0.25, 0.3) is 0 Å². The van der Waals surface area contributed by atoms with E-state index in [1.54, 1.807) is 7.11 Å². The van der Waals surface area contributed by atoms with Gasteiger partial charge in [0.15, 0.2) is 0 Å². The lowest BCUT2D eigenvalue weighted by molar-refractivity contribution is -0.107. The topological polar surface area (TPSA) is 18.5 Å². The standard InChI is InChI=1S/C8H16O2.C2H6/c1-7-6-8(2,9-3)4-5-10-7;1-2/h7H,4-6H2,1-3H3;1-2H3. The minimum absolute atomic E-state index is 0.0671. The third kappa shape index (κ3) is 3.55. The van der Waals surface area contributed by atoms with Crippen molar-refractivity contribution in [2.75, 3.05) is 13.7 Å². The Hall–Kier alpha value is -0.0800. The van der Waals surface area contributed by atoms with Crippen LogP contribution in [-0.2, 0) is 9.47 Å².